The average molecular weight is 386 g/mol. The van der Waals surface area contributed by atoms with E-state index in [0.29, 0.717) is 18.3 Å². The largest absolute Gasteiger partial charge is 0.395 e. The van der Waals surface area contributed by atoms with Crippen molar-refractivity contribution >= 4 is 11.8 Å². The number of urea groups is 1. The molecule has 152 valence electrons. The molecule has 1 aliphatic heterocycles. The fourth-order valence-electron chi connectivity index (χ4n) is 3.63. The predicted molar refractivity (Wildman–Crippen MR) is 110 cm³/mol. The Morgan fingerprint density at radius 2 is 2.00 bits per heavy atom. The van der Waals surface area contributed by atoms with Gasteiger partial charge in [-0.05, 0) is 51.3 Å². The lowest BCUT2D eigenvalue weighted by atomic mass is 9.97. The van der Waals surface area contributed by atoms with Crippen LogP contribution in [0, 0.1) is 12.8 Å². The van der Waals surface area contributed by atoms with Crippen molar-refractivity contribution in [3.05, 3.63) is 47.7 Å². The maximum absolute atomic E-state index is 12.3. The van der Waals surface area contributed by atoms with Gasteiger partial charge in [-0.2, -0.15) is 5.10 Å². The van der Waals surface area contributed by atoms with Gasteiger partial charge in [-0.3, -0.25) is 10.00 Å². The number of anilines is 1. The third-order valence-corrected chi connectivity index (χ3v) is 5.50. The van der Waals surface area contributed by atoms with Gasteiger partial charge in [0, 0.05) is 24.8 Å². The number of hydrogen-bond acceptors (Lipinski definition) is 4. The summed E-state index contributed by atoms with van der Waals surface area (Å²) in [5, 5.41) is 19.4. The third kappa shape index (κ3) is 5.33. The van der Waals surface area contributed by atoms with Crippen molar-refractivity contribution in [2.45, 2.75) is 32.7 Å². The Labute approximate surface area is 166 Å². The van der Waals surface area contributed by atoms with Crippen LogP contribution in [0.3, 0.4) is 0 Å². The van der Waals surface area contributed by atoms with Gasteiger partial charge in [0.25, 0.3) is 0 Å². The number of hydrogen-bond donors (Lipinski definition) is 3. The Hall–Kier alpha value is -2.38. The highest BCUT2D eigenvalue weighted by Gasteiger charge is 2.20. The van der Waals surface area contributed by atoms with E-state index in [0.717, 1.165) is 38.0 Å². The highest BCUT2D eigenvalue weighted by atomic mass is 16.3. The van der Waals surface area contributed by atoms with E-state index < -0.39 is 0 Å². The summed E-state index contributed by atoms with van der Waals surface area (Å²) in [6, 6.07) is 10.1. The Balaban J connectivity index is 1.49. The molecular formula is C21H31N5O2. The van der Waals surface area contributed by atoms with Gasteiger partial charge in [-0.25, -0.2) is 4.79 Å². The smallest absolute Gasteiger partial charge is 0.320 e. The number of aromatic nitrogens is 2. The molecule has 1 saturated heterocycles. The molecule has 1 atom stereocenters. The van der Waals surface area contributed by atoms with Crippen LogP contribution in [0.5, 0.6) is 0 Å². The summed E-state index contributed by atoms with van der Waals surface area (Å²) < 4.78 is 1.89. The van der Waals surface area contributed by atoms with E-state index in [9.17, 15) is 4.79 Å². The number of benzene rings is 1. The van der Waals surface area contributed by atoms with Gasteiger partial charge in [-0.1, -0.05) is 30.3 Å². The summed E-state index contributed by atoms with van der Waals surface area (Å²) in [6.45, 7) is 7.62. The first kappa shape index (κ1) is 20.4. The molecular weight excluding hydrogens is 354 g/mol. The van der Waals surface area contributed by atoms with Gasteiger partial charge >= 0.3 is 6.03 Å². The first-order chi connectivity index (χ1) is 13.6. The zero-order valence-corrected chi connectivity index (χ0v) is 16.8. The van der Waals surface area contributed by atoms with Crippen molar-refractivity contribution in [2.24, 2.45) is 5.92 Å². The minimum absolute atomic E-state index is 0.0996. The Morgan fingerprint density at radius 3 is 2.68 bits per heavy atom. The van der Waals surface area contributed by atoms with E-state index in [1.807, 2.05) is 36.0 Å². The maximum Gasteiger partial charge on any atom is 0.320 e. The molecule has 0 spiro atoms. The molecule has 0 bridgehead atoms. The van der Waals surface area contributed by atoms with Crippen LogP contribution in [-0.2, 0) is 0 Å². The fraction of sp³-hybridized carbons (Fsp3) is 0.524. The van der Waals surface area contributed by atoms with Crippen LogP contribution < -0.4 is 10.6 Å². The summed E-state index contributed by atoms with van der Waals surface area (Å²) in [5.74, 6) is 1.08. The molecule has 0 saturated carbocycles. The molecule has 1 aliphatic rings. The predicted octanol–water partition coefficient (Wildman–Crippen LogP) is 2.63. The normalized spacial score (nSPS) is 16.7. The minimum Gasteiger partial charge on any atom is -0.395 e. The zero-order valence-electron chi connectivity index (χ0n) is 16.8. The monoisotopic (exact) mass is 385 g/mol. The van der Waals surface area contributed by atoms with E-state index in [1.54, 1.807) is 0 Å². The van der Waals surface area contributed by atoms with Crippen LogP contribution in [-0.4, -0.2) is 58.6 Å². The van der Waals surface area contributed by atoms with Gasteiger partial charge in [0.1, 0.15) is 0 Å². The van der Waals surface area contributed by atoms with Crippen LogP contribution in [0.1, 0.15) is 36.9 Å². The molecule has 0 radical (unpaired) electrons. The summed E-state index contributed by atoms with van der Waals surface area (Å²) in [4.78, 5) is 14.6. The number of aliphatic hydroxyl groups excluding tert-OH is 1. The van der Waals surface area contributed by atoms with Crippen LogP contribution in [0.15, 0.2) is 36.5 Å². The van der Waals surface area contributed by atoms with Gasteiger partial charge < -0.3 is 15.3 Å². The lowest BCUT2D eigenvalue weighted by Crippen LogP contribution is -2.40. The Kier molecular flexibility index (Phi) is 7.06. The average Bonchev–Trinajstić information content (AvgIpc) is 3.08. The molecule has 1 aromatic heterocycles. The van der Waals surface area contributed by atoms with E-state index in [2.05, 4.69) is 39.7 Å². The highest BCUT2D eigenvalue weighted by Crippen LogP contribution is 2.21. The first-order valence-corrected chi connectivity index (χ1v) is 10.1. The number of β-amino-alcohol motifs (C(OH)–C–C–N with tert-alkyl or cyclic N) is 1. The van der Waals surface area contributed by atoms with Gasteiger partial charge in [0.05, 0.1) is 12.6 Å². The summed E-state index contributed by atoms with van der Waals surface area (Å²) in [5.41, 5.74) is 2.11. The maximum atomic E-state index is 12.3. The molecule has 7 nitrogen and oxygen atoms in total. The third-order valence-electron chi connectivity index (χ3n) is 5.50. The van der Waals surface area contributed by atoms with Gasteiger partial charge in [0.2, 0.25) is 0 Å². The zero-order chi connectivity index (χ0) is 19.9. The van der Waals surface area contributed by atoms with E-state index in [1.165, 1.54) is 5.56 Å². The summed E-state index contributed by atoms with van der Waals surface area (Å²) in [7, 11) is 0. The topological polar surface area (TPSA) is 82.4 Å². The summed E-state index contributed by atoms with van der Waals surface area (Å²) >= 11 is 0. The van der Waals surface area contributed by atoms with Crippen LogP contribution in [0.2, 0.25) is 0 Å². The Morgan fingerprint density at radius 1 is 1.29 bits per heavy atom. The molecule has 1 aromatic carbocycles. The van der Waals surface area contributed by atoms with Crippen molar-refractivity contribution in [2.75, 3.05) is 38.1 Å². The molecule has 28 heavy (non-hydrogen) atoms. The van der Waals surface area contributed by atoms with Crippen molar-refractivity contribution in [3.8, 4) is 0 Å². The quantitative estimate of drug-likeness (QED) is 0.684. The number of aryl methyl sites for hydroxylation is 1. The minimum atomic E-state index is -0.210. The Bertz CT molecular complexity index is 753. The molecule has 0 aliphatic carbocycles. The van der Waals surface area contributed by atoms with Crippen LogP contribution in [0.25, 0.3) is 0 Å². The van der Waals surface area contributed by atoms with Crippen molar-refractivity contribution in [3.63, 3.8) is 0 Å². The van der Waals surface area contributed by atoms with Gasteiger partial charge in [-0.15, -0.1) is 0 Å². The standard InChI is InChI=1S/C21H31N5O2/c1-16-15-26(17(2)19-6-4-3-5-7-19)24-20(16)23-21(28)22-14-18-8-10-25(11-9-18)12-13-27/h3-7,15,17-18,27H,8-14H2,1-2H3,(H2,22,23,24,28)/t17-/m0/s1. The lowest BCUT2D eigenvalue weighted by Gasteiger charge is -2.31. The fourth-order valence-corrected chi connectivity index (χ4v) is 3.63. The van der Waals surface area contributed by atoms with Crippen LogP contribution in [0.4, 0.5) is 10.6 Å². The molecule has 2 heterocycles. The number of rotatable bonds is 7. The number of likely N-dealkylation sites (tertiary alicyclic amines) is 1. The number of carbonyl (C=O) groups excluding carboxylic acids is 1. The molecule has 7 heteroatoms. The van der Waals surface area contributed by atoms with Gasteiger partial charge in [0.15, 0.2) is 5.82 Å². The number of nitrogens with one attached hydrogen (secondary N) is 2. The number of nitrogens with zero attached hydrogens (tertiary/aromatic N) is 3. The van der Waals surface area contributed by atoms with Crippen molar-refractivity contribution in [1.29, 1.82) is 0 Å². The SMILES string of the molecule is Cc1cn([C@@H](C)c2ccccc2)nc1NC(=O)NCC1CCN(CCO)CC1. The second-order valence-corrected chi connectivity index (χ2v) is 7.57. The number of aliphatic hydroxyl groups is 1. The highest BCUT2D eigenvalue weighted by molar-refractivity contribution is 5.88. The number of amides is 2. The second-order valence-electron chi connectivity index (χ2n) is 7.57. The van der Waals surface area contributed by atoms with E-state index in [4.69, 9.17) is 5.11 Å². The van der Waals surface area contributed by atoms with Crippen molar-refractivity contribution < 1.29 is 9.90 Å². The number of carbonyl (C=O) groups is 1. The molecule has 2 aromatic rings. The van der Waals surface area contributed by atoms with E-state index >= 15 is 0 Å². The summed E-state index contributed by atoms with van der Waals surface area (Å²) in [6.07, 6.45) is 4.05. The molecule has 1 fully saturated rings. The number of piperidine rings is 1. The van der Waals surface area contributed by atoms with Crippen molar-refractivity contribution in [1.82, 2.24) is 20.0 Å². The first-order valence-electron chi connectivity index (χ1n) is 10.1. The molecule has 2 amide bonds. The molecule has 3 N–H and O–H groups in total. The molecule has 3 rings (SSSR count). The van der Waals surface area contributed by atoms with E-state index in [-0.39, 0.29) is 18.7 Å². The lowest BCUT2D eigenvalue weighted by molar-refractivity contribution is 0.147. The molecule has 0 unspecified atom stereocenters. The van der Waals surface area contributed by atoms with Crippen LogP contribution >= 0.6 is 0 Å². The second kappa shape index (κ2) is 9.71.